The molecule has 3 nitrogen and oxygen atoms in total. The van der Waals surface area contributed by atoms with Gasteiger partial charge in [0.2, 0.25) is 0 Å². The molecule has 0 atom stereocenters. The van der Waals surface area contributed by atoms with Crippen molar-refractivity contribution >= 4 is 0 Å². The Labute approximate surface area is 144 Å². The molecule has 23 heavy (non-hydrogen) atoms. The van der Waals surface area contributed by atoms with Crippen molar-refractivity contribution in [1.29, 1.82) is 0 Å². The van der Waals surface area contributed by atoms with Crippen LogP contribution in [0.3, 0.4) is 0 Å². The van der Waals surface area contributed by atoms with E-state index in [0.717, 1.165) is 17.9 Å². The first kappa shape index (κ1) is 17.7. The molecule has 0 aromatic heterocycles. The second-order valence-corrected chi connectivity index (χ2v) is 9.95. The maximum atomic E-state index is 2.81. The standard InChI is InChI=1S/C20H39N3/c1-16(2)11-21-12-18(13-21)19(5,6)23-9-7-20(8-10-23)14-22(15-20)17(3)4/h16-18H,7-15H2,1-6H3. The third-order valence-corrected chi connectivity index (χ3v) is 7.03. The van der Waals surface area contributed by atoms with Crippen molar-refractivity contribution in [2.45, 2.75) is 66.0 Å². The van der Waals surface area contributed by atoms with Crippen molar-refractivity contribution in [2.75, 3.05) is 45.8 Å². The maximum Gasteiger partial charge on any atom is 0.0205 e. The average Bonchev–Trinajstić information content (AvgIpc) is 2.39. The molecule has 3 aliphatic heterocycles. The molecule has 0 unspecified atom stereocenters. The molecule has 134 valence electrons. The smallest absolute Gasteiger partial charge is 0.0205 e. The Morgan fingerprint density at radius 2 is 1.57 bits per heavy atom. The van der Waals surface area contributed by atoms with Gasteiger partial charge in [-0.15, -0.1) is 0 Å². The van der Waals surface area contributed by atoms with Gasteiger partial charge in [0, 0.05) is 50.2 Å². The van der Waals surface area contributed by atoms with Gasteiger partial charge in [-0.3, -0.25) is 9.80 Å². The van der Waals surface area contributed by atoms with Gasteiger partial charge in [0.05, 0.1) is 0 Å². The fraction of sp³-hybridized carbons (Fsp3) is 1.00. The number of hydrogen-bond acceptors (Lipinski definition) is 3. The summed E-state index contributed by atoms with van der Waals surface area (Å²) in [5.41, 5.74) is 1.05. The van der Waals surface area contributed by atoms with Crippen LogP contribution in [0.2, 0.25) is 0 Å². The Balaban J connectivity index is 1.46. The number of rotatable bonds is 5. The molecular weight excluding hydrogens is 282 g/mol. The van der Waals surface area contributed by atoms with E-state index in [9.17, 15) is 0 Å². The summed E-state index contributed by atoms with van der Waals surface area (Å²) in [4.78, 5) is 8.11. The number of nitrogens with zero attached hydrogens (tertiary/aromatic N) is 3. The molecule has 0 amide bonds. The summed E-state index contributed by atoms with van der Waals surface area (Å²) in [6.07, 6.45) is 2.84. The molecule has 3 fully saturated rings. The average molecular weight is 322 g/mol. The molecule has 0 aromatic rings. The van der Waals surface area contributed by atoms with Crippen molar-refractivity contribution in [3.05, 3.63) is 0 Å². The van der Waals surface area contributed by atoms with Crippen LogP contribution in [0.4, 0.5) is 0 Å². The van der Waals surface area contributed by atoms with Gasteiger partial charge in [-0.1, -0.05) is 13.8 Å². The van der Waals surface area contributed by atoms with Gasteiger partial charge in [0.1, 0.15) is 0 Å². The minimum Gasteiger partial charge on any atom is -0.302 e. The largest absolute Gasteiger partial charge is 0.302 e. The predicted molar refractivity (Wildman–Crippen MR) is 98.8 cm³/mol. The Morgan fingerprint density at radius 1 is 1.00 bits per heavy atom. The fourth-order valence-electron chi connectivity index (χ4n) is 4.99. The molecule has 0 saturated carbocycles. The first-order valence-corrected chi connectivity index (χ1v) is 9.93. The van der Waals surface area contributed by atoms with Crippen molar-refractivity contribution in [2.24, 2.45) is 17.3 Å². The lowest BCUT2D eigenvalue weighted by atomic mass is 9.69. The van der Waals surface area contributed by atoms with E-state index in [2.05, 4.69) is 56.2 Å². The molecule has 0 aliphatic carbocycles. The van der Waals surface area contributed by atoms with E-state index in [1.165, 1.54) is 58.7 Å². The Morgan fingerprint density at radius 3 is 2.04 bits per heavy atom. The summed E-state index contributed by atoms with van der Waals surface area (Å²) in [5.74, 6) is 1.67. The number of piperidine rings is 1. The van der Waals surface area contributed by atoms with E-state index in [-0.39, 0.29) is 0 Å². The van der Waals surface area contributed by atoms with Gasteiger partial charge in [-0.05, 0) is 65.0 Å². The van der Waals surface area contributed by atoms with Crippen molar-refractivity contribution in [3.63, 3.8) is 0 Å². The van der Waals surface area contributed by atoms with Crippen LogP contribution in [0.25, 0.3) is 0 Å². The van der Waals surface area contributed by atoms with E-state index >= 15 is 0 Å². The molecule has 0 radical (unpaired) electrons. The first-order valence-electron chi connectivity index (χ1n) is 9.93. The molecule has 3 saturated heterocycles. The van der Waals surface area contributed by atoms with E-state index in [1.54, 1.807) is 0 Å². The molecule has 0 bridgehead atoms. The predicted octanol–water partition coefficient (Wildman–Crippen LogP) is 3.16. The summed E-state index contributed by atoms with van der Waals surface area (Å²) in [7, 11) is 0. The summed E-state index contributed by atoms with van der Waals surface area (Å²) >= 11 is 0. The van der Waals surface area contributed by atoms with Crippen LogP contribution in [0.1, 0.15) is 54.4 Å². The van der Waals surface area contributed by atoms with Crippen LogP contribution in [0, 0.1) is 17.3 Å². The normalized spacial score (nSPS) is 27.7. The summed E-state index contributed by atoms with van der Waals surface area (Å²) in [6, 6.07) is 0.733. The topological polar surface area (TPSA) is 9.72 Å². The van der Waals surface area contributed by atoms with E-state index in [4.69, 9.17) is 0 Å². The van der Waals surface area contributed by atoms with Crippen LogP contribution in [-0.2, 0) is 0 Å². The van der Waals surface area contributed by atoms with Gasteiger partial charge in [-0.2, -0.15) is 0 Å². The summed E-state index contributed by atoms with van der Waals surface area (Å²) in [6.45, 7) is 23.6. The fourth-order valence-corrected chi connectivity index (χ4v) is 4.99. The molecular formula is C20H39N3. The van der Waals surface area contributed by atoms with E-state index < -0.39 is 0 Å². The van der Waals surface area contributed by atoms with Crippen LogP contribution < -0.4 is 0 Å². The lowest BCUT2D eigenvalue weighted by molar-refractivity contribution is -0.0996. The number of hydrogen-bond donors (Lipinski definition) is 0. The highest BCUT2D eigenvalue weighted by molar-refractivity contribution is 5.03. The zero-order valence-corrected chi connectivity index (χ0v) is 16.4. The first-order chi connectivity index (χ1) is 10.7. The number of likely N-dealkylation sites (tertiary alicyclic amines) is 3. The third kappa shape index (κ3) is 3.48. The van der Waals surface area contributed by atoms with Gasteiger partial charge in [-0.25, -0.2) is 0 Å². The second kappa shape index (κ2) is 6.31. The molecule has 3 rings (SSSR count). The van der Waals surface area contributed by atoms with Crippen LogP contribution in [-0.4, -0.2) is 72.1 Å². The van der Waals surface area contributed by atoms with Gasteiger partial charge >= 0.3 is 0 Å². The Kier molecular flexibility index (Phi) is 4.85. The quantitative estimate of drug-likeness (QED) is 0.770. The Bertz CT molecular complexity index is 393. The lowest BCUT2D eigenvalue weighted by Gasteiger charge is -2.59. The molecule has 0 N–H and O–H groups in total. The van der Waals surface area contributed by atoms with E-state index in [0.29, 0.717) is 11.0 Å². The molecule has 0 aromatic carbocycles. The van der Waals surface area contributed by atoms with Crippen molar-refractivity contribution < 1.29 is 0 Å². The maximum absolute atomic E-state index is 2.81. The molecule has 3 aliphatic rings. The molecule has 3 heteroatoms. The van der Waals surface area contributed by atoms with E-state index in [1.807, 2.05) is 0 Å². The van der Waals surface area contributed by atoms with Gasteiger partial charge < -0.3 is 4.90 Å². The van der Waals surface area contributed by atoms with Crippen LogP contribution >= 0.6 is 0 Å². The molecule has 1 spiro atoms. The zero-order chi connectivity index (χ0) is 16.8. The zero-order valence-electron chi connectivity index (χ0n) is 16.4. The van der Waals surface area contributed by atoms with Crippen LogP contribution in [0.5, 0.6) is 0 Å². The second-order valence-electron chi connectivity index (χ2n) is 9.95. The monoisotopic (exact) mass is 321 g/mol. The lowest BCUT2D eigenvalue weighted by Crippen LogP contribution is -2.67. The van der Waals surface area contributed by atoms with Crippen molar-refractivity contribution in [3.8, 4) is 0 Å². The summed E-state index contributed by atoms with van der Waals surface area (Å²) < 4.78 is 0. The summed E-state index contributed by atoms with van der Waals surface area (Å²) in [5, 5.41) is 0. The Hall–Kier alpha value is -0.120. The van der Waals surface area contributed by atoms with Gasteiger partial charge in [0.15, 0.2) is 0 Å². The van der Waals surface area contributed by atoms with Gasteiger partial charge in [0.25, 0.3) is 0 Å². The highest BCUT2D eigenvalue weighted by Gasteiger charge is 2.49. The van der Waals surface area contributed by atoms with Crippen molar-refractivity contribution in [1.82, 2.24) is 14.7 Å². The highest BCUT2D eigenvalue weighted by atomic mass is 15.3. The highest BCUT2D eigenvalue weighted by Crippen LogP contribution is 2.44. The minimum atomic E-state index is 0.385. The SMILES string of the molecule is CC(C)CN1CC(C(C)(C)N2CCC3(CC2)CN(C(C)C)C3)C1. The minimum absolute atomic E-state index is 0.385. The van der Waals surface area contributed by atoms with Crippen LogP contribution in [0.15, 0.2) is 0 Å². The molecule has 3 heterocycles. The third-order valence-electron chi connectivity index (χ3n) is 7.03.